The van der Waals surface area contributed by atoms with Gasteiger partial charge in [-0.2, -0.15) is 0 Å². The fourth-order valence-corrected chi connectivity index (χ4v) is 3.57. The molecule has 5 nitrogen and oxygen atoms in total. The number of nitrogens with one attached hydrogen (secondary N) is 2. The molecule has 1 atom stereocenters. The number of amides is 1. The molecular weight excluding hydrogens is 415 g/mol. The fraction of sp³-hybridized carbons (Fsp3) is 0.190. The van der Waals surface area contributed by atoms with Crippen LogP contribution in [0, 0.1) is 24.4 Å². The molecule has 0 spiro atoms. The van der Waals surface area contributed by atoms with E-state index in [-0.39, 0.29) is 10.7 Å². The van der Waals surface area contributed by atoms with Crippen LogP contribution < -0.4 is 10.9 Å². The summed E-state index contributed by atoms with van der Waals surface area (Å²) in [5.41, 5.74) is 1.24. The van der Waals surface area contributed by atoms with Crippen LogP contribution in [-0.4, -0.2) is 21.1 Å². The molecule has 9 heteroatoms. The first-order valence-corrected chi connectivity index (χ1v) is 9.89. The Bertz CT molecular complexity index is 1140. The third kappa shape index (κ3) is 4.91. The zero-order valence-corrected chi connectivity index (χ0v) is 16.9. The molecule has 3 aromatic rings. The van der Waals surface area contributed by atoms with Crippen molar-refractivity contribution in [2.75, 3.05) is 5.32 Å². The molecule has 2 N–H and O–H groups in total. The van der Waals surface area contributed by atoms with E-state index in [1.807, 2.05) is 30.3 Å². The van der Waals surface area contributed by atoms with Crippen LogP contribution >= 0.6 is 11.8 Å². The molecule has 1 heterocycles. The van der Waals surface area contributed by atoms with E-state index in [0.717, 1.165) is 29.5 Å². The Morgan fingerprint density at radius 3 is 2.50 bits per heavy atom. The number of rotatable bonds is 6. The largest absolute Gasteiger partial charge is 0.323 e. The van der Waals surface area contributed by atoms with Crippen LogP contribution in [0.2, 0.25) is 0 Å². The lowest BCUT2D eigenvalue weighted by molar-refractivity contribution is -0.115. The minimum absolute atomic E-state index is 0.225. The lowest BCUT2D eigenvalue weighted by atomic mass is 10.1. The molecule has 1 amide bonds. The average molecular weight is 433 g/mol. The number of thioether (sulfide) groups is 1. The number of hydrogen-bond donors (Lipinski definition) is 2. The first-order valence-electron chi connectivity index (χ1n) is 9.01. The van der Waals surface area contributed by atoms with E-state index in [9.17, 15) is 22.8 Å². The van der Waals surface area contributed by atoms with Crippen molar-refractivity contribution in [1.29, 1.82) is 0 Å². The molecule has 0 bridgehead atoms. The SMILES string of the molecule is Cc1nc(SC(C)C(=O)Nc2ccc(F)c(F)c2F)[nH]c(=O)c1Cc1ccccc1. The van der Waals surface area contributed by atoms with E-state index in [1.165, 1.54) is 6.92 Å². The standard InChI is InChI=1S/C21H18F3N3O2S/c1-11-14(10-13-6-4-3-5-7-13)20(29)27-21(25-11)30-12(2)19(28)26-16-9-8-15(22)17(23)18(16)24/h3-9,12H,10H2,1-2H3,(H,26,28)(H,25,27,29). The number of aromatic nitrogens is 2. The van der Waals surface area contributed by atoms with Gasteiger partial charge in [-0.1, -0.05) is 42.1 Å². The number of carbonyl (C=O) groups is 1. The van der Waals surface area contributed by atoms with E-state index in [0.29, 0.717) is 17.7 Å². The summed E-state index contributed by atoms with van der Waals surface area (Å²) in [7, 11) is 0. The van der Waals surface area contributed by atoms with Crippen LogP contribution in [0.4, 0.5) is 18.9 Å². The molecule has 0 radical (unpaired) electrons. The normalized spacial score (nSPS) is 11.9. The zero-order chi connectivity index (χ0) is 21.8. The van der Waals surface area contributed by atoms with Crippen LogP contribution in [0.3, 0.4) is 0 Å². The minimum atomic E-state index is -1.66. The highest BCUT2D eigenvalue weighted by Crippen LogP contribution is 2.24. The average Bonchev–Trinajstić information content (AvgIpc) is 2.72. The second-order valence-corrected chi connectivity index (χ2v) is 7.90. The van der Waals surface area contributed by atoms with Crippen molar-refractivity contribution in [3.05, 3.63) is 87.1 Å². The Kier molecular flexibility index (Phi) is 6.61. The van der Waals surface area contributed by atoms with Crippen molar-refractivity contribution in [2.45, 2.75) is 30.7 Å². The topological polar surface area (TPSA) is 74.8 Å². The van der Waals surface area contributed by atoms with Gasteiger partial charge in [0.15, 0.2) is 22.6 Å². The predicted octanol–water partition coefficient (Wildman–Crippen LogP) is 4.21. The Hall–Kier alpha value is -3.07. The van der Waals surface area contributed by atoms with Crippen molar-refractivity contribution < 1.29 is 18.0 Å². The minimum Gasteiger partial charge on any atom is -0.323 e. The maximum Gasteiger partial charge on any atom is 0.255 e. The Morgan fingerprint density at radius 2 is 1.83 bits per heavy atom. The van der Waals surface area contributed by atoms with Gasteiger partial charge < -0.3 is 10.3 Å². The van der Waals surface area contributed by atoms with Gasteiger partial charge in [-0.25, -0.2) is 18.2 Å². The number of H-pyrrole nitrogens is 1. The third-order valence-corrected chi connectivity index (χ3v) is 5.36. The Balaban J connectivity index is 1.72. The lowest BCUT2D eigenvalue weighted by Crippen LogP contribution is -2.25. The molecule has 1 aromatic heterocycles. The molecule has 0 aliphatic heterocycles. The van der Waals surface area contributed by atoms with Gasteiger partial charge in [0.2, 0.25) is 5.91 Å². The molecule has 3 rings (SSSR count). The number of halogens is 3. The summed E-state index contributed by atoms with van der Waals surface area (Å²) in [4.78, 5) is 31.8. The lowest BCUT2D eigenvalue weighted by Gasteiger charge is -2.13. The molecule has 0 saturated carbocycles. The molecule has 0 aliphatic carbocycles. The van der Waals surface area contributed by atoms with Crippen LogP contribution in [0.25, 0.3) is 0 Å². The monoisotopic (exact) mass is 433 g/mol. The fourth-order valence-electron chi connectivity index (χ4n) is 2.73. The van der Waals surface area contributed by atoms with Gasteiger partial charge >= 0.3 is 0 Å². The Labute approximate surface area is 174 Å². The van der Waals surface area contributed by atoms with Crippen LogP contribution in [0.5, 0.6) is 0 Å². The smallest absolute Gasteiger partial charge is 0.255 e. The molecule has 0 aliphatic rings. The van der Waals surface area contributed by atoms with Gasteiger partial charge in [0, 0.05) is 17.7 Å². The number of aryl methyl sites for hydroxylation is 1. The maximum absolute atomic E-state index is 13.7. The summed E-state index contributed by atoms with van der Waals surface area (Å²) in [6.45, 7) is 3.23. The van der Waals surface area contributed by atoms with Crippen LogP contribution in [-0.2, 0) is 11.2 Å². The number of benzene rings is 2. The molecule has 1 unspecified atom stereocenters. The van der Waals surface area contributed by atoms with Crippen molar-refractivity contribution >= 4 is 23.4 Å². The van der Waals surface area contributed by atoms with E-state index in [1.54, 1.807) is 6.92 Å². The first-order chi connectivity index (χ1) is 14.3. The maximum atomic E-state index is 13.7. The van der Waals surface area contributed by atoms with Gasteiger partial charge in [0.25, 0.3) is 5.56 Å². The highest BCUT2D eigenvalue weighted by Gasteiger charge is 2.21. The van der Waals surface area contributed by atoms with Gasteiger partial charge in [0.1, 0.15) is 0 Å². The number of nitrogens with zero attached hydrogens (tertiary/aromatic N) is 1. The summed E-state index contributed by atoms with van der Waals surface area (Å²) in [6.07, 6.45) is 0.422. The van der Waals surface area contributed by atoms with Crippen molar-refractivity contribution in [3.63, 3.8) is 0 Å². The first kappa shape index (κ1) is 21.6. The molecule has 2 aromatic carbocycles. The number of carbonyl (C=O) groups excluding carboxylic acids is 1. The van der Waals surface area contributed by atoms with Gasteiger partial charge in [-0.15, -0.1) is 0 Å². The molecule has 30 heavy (non-hydrogen) atoms. The van der Waals surface area contributed by atoms with E-state index in [4.69, 9.17) is 0 Å². The number of hydrogen-bond acceptors (Lipinski definition) is 4. The predicted molar refractivity (Wildman–Crippen MR) is 109 cm³/mol. The molecular formula is C21H18F3N3O2S. The molecule has 0 saturated heterocycles. The highest BCUT2D eigenvalue weighted by atomic mass is 32.2. The summed E-state index contributed by atoms with van der Waals surface area (Å²) in [6, 6.07) is 11.1. The highest BCUT2D eigenvalue weighted by molar-refractivity contribution is 8.00. The summed E-state index contributed by atoms with van der Waals surface area (Å²) >= 11 is 0.958. The number of anilines is 1. The van der Waals surface area contributed by atoms with Crippen LogP contribution in [0.15, 0.2) is 52.4 Å². The molecule has 156 valence electrons. The van der Waals surface area contributed by atoms with Gasteiger partial charge in [-0.05, 0) is 31.5 Å². The number of aromatic amines is 1. The summed E-state index contributed by atoms with van der Waals surface area (Å²) < 4.78 is 40.1. The van der Waals surface area contributed by atoms with Crippen molar-refractivity contribution in [3.8, 4) is 0 Å². The summed E-state index contributed by atoms with van der Waals surface area (Å²) in [5, 5.41) is 1.64. The quantitative estimate of drug-likeness (QED) is 0.347. The van der Waals surface area contributed by atoms with E-state index < -0.39 is 34.3 Å². The Morgan fingerprint density at radius 1 is 1.13 bits per heavy atom. The van der Waals surface area contributed by atoms with Gasteiger partial charge in [0.05, 0.1) is 10.9 Å². The van der Waals surface area contributed by atoms with Gasteiger partial charge in [-0.3, -0.25) is 9.59 Å². The van der Waals surface area contributed by atoms with E-state index >= 15 is 0 Å². The summed E-state index contributed by atoms with van der Waals surface area (Å²) in [5.74, 6) is -5.14. The molecule has 0 fully saturated rings. The van der Waals surface area contributed by atoms with Crippen LogP contribution in [0.1, 0.15) is 23.7 Å². The second kappa shape index (κ2) is 9.17. The zero-order valence-electron chi connectivity index (χ0n) is 16.1. The second-order valence-electron chi connectivity index (χ2n) is 6.57. The van der Waals surface area contributed by atoms with E-state index in [2.05, 4.69) is 15.3 Å². The van der Waals surface area contributed by atoms with Crippen molar-refractivity contribution in [1.82, 2.24) is 9.97 Å². The van der Waals surface area contributed by atoms with Crippen molar-refractivity contribution in [2.24, 2.45) is 0 Å². The third-order valence-electron chi connectivity index (χ3n) is 4.37.